The van der Waals surface area contributed by atoms with E-state index in [1.807, 2.05) is 12.1 Å². The van der Waals surface area contributed by atoms with Crippen LogP contribution in [0.1, 0.15) is 45.1 Å². The van der Waals surface area contributed by atoms with E-state index in [0.29, 0.717) is 18.3 Å². The molecule has 5 heteroatoms. The number of hydrogen-bond donors (Lipinski definition) is 1. The third kappa shape index (κ3) is 4.11. The van der Waals surface area contributed by atoms with E-state index in [1.165, 1.54) is 0 Å². The molecule has 0 saturated carbocycles. The summed E-state index contributed by atoms with van der Waals surface area (Å²) < 4.78 is 5.36. The predicted octanol–water partition coefficient (Wildman–Crippen LogP) is 3.00. The van der Waals surface area contributed by atoms with Gasteiger partial charge in [0.2, 0.25) is 11.7 Å². The fraction of sp³-hybridized carbons (Fsp3) is 0.562. The summed E-state index contributed by atoms with van der Waals surface area (Å²) in [5.74, 6) is 1.25. The van der Waals surface area contributed by atoms with Gasteiger partial charge in [0, 0.05) is 12.6 Å². The van der Waals surface area contributed by atoms with Gasteiger partial charge in [-0.1, -0.05) is 32.0 Å². The Labute approximate surface area is 126 Å². The quantitative estimate of drug-likeness (QED) is 0.847. The Hall–Kier alpha value is -1.75. The lowest BCUT2D eigenvalue weighted by molar-refractivity contribution is 0.289. The number of nitrogens with two attached hydrogens (primary N) is 1. The van der Waals surface area contributed by atoms with Crippen LogP contribution in [0.3, 0.4) is 0 Å². The van der Waals surface area contributed by atoms with Crippen molar-refractivity contribution in [3.05, 3.63) is 29.8 Å². The zero-order valence-corrected chi connectivity index (χ0v) is 13.1. The third-order valence-corrected chi connectivity index (χ3v) is 3.79. The monoisotopic (exact) mass is 288 g/mol. The summed E-state index contributed by atoms with van der Waals surface area (Å²) >= 11 is 0. The molecule has 2 aromatic heterocycles. The fourth-order valence-corrected chi connectivity index (χ4v) is 2.34. The first kappa shape index (κ1) is 15.6. The minimum absolute atomic E-state index is 0.197. The van der Waals surface area contributed by atoms with Crippen molar-refractivity contribution in [1.29, 1.82) is 0 Å². The lowest BCUT2D eigenvalue weighted by Crippen LogP contribution is -2.17. The Bertz CT molecular complexity index is 577. The summed E-state index contributed by atoms with van der Waals surface area (Å²) in [6.07, 6.45) is 5.41. The van der Waals surface area contributed by atoms with Gasteiger partial charge in [0.05, 0.1) is 0 Å². The average Bonchev–Trinajstić information content (AvgIpc) is 2.94. The van der Waals surface area contributed by atoms with Gasteiger partial charge in [0.1, 0.15) is 5.69 Å². The van der Waals surface area contributed by atoms with Crippen molar-refractivity contribution in [2.45, 2.75) is 46.5 Å². The minimum atomic E-state index is 0.197. The molecule has 114 valence electrons. The second-order valence-electron chi connectivity index (χ2n) is 6.08. The molecule has 2 heterocycles. The van der Waals surface area contributed by atoms with Crippen LogP contribution >= 0.6 is 0 Å². The smallest absolute Gasteiger partial charge is 0.227 e. The summed E-state index contributed by atoms with van der Waals surface area (Å²) in [4.78, 5) is 8.85. The molecule has 0 spiro atoms. The van der Waals surface area contributed by atoms with Crippen molar-refractivity contribution < 1.29 is 4.52 Å². The molecule has 0 aliphatic carbocycles. The first-order chi connectivity index (χ1) is 10.1. The summed E-state index contributed by atoms with van der Waals surface area (Å²) in [6, 6.07) is 3.97. The van der Waals surface area contributed by atoms with E-state index < -0.39 is 0 Å². The molecule has 0 atom stereocenters. The van der Waals surface area contributed by atoms with Crippen molar-refractivity contribution in [3.8, 4) is 11.5 Å². The maximum Gasteiger partial charge on any atom is 0.227 e. The maximum atomic E-state index is 5.64. The number of hydrogen-bond acceptors (Lipinski definition) is 5. The topological polar surface area (TPSA) is 77.8 Å². The zero-order valence-electron chi connectivity index (χ0n) is 13.1. The van der Waals surface area contributed by atoms with Crippen LogP contribution in [0.2, 0.25) is 0 Å². The van der Waals surface area contributed by atoms with Gasteiger partial charge in [-0.05, 0) is 42.9 Å². The Kier molecular flexibility index (Phi) is 5.07. The van der Waals surface area contributed by atoms with Crippen LogP contribution in [0, 0.1) is 5.41 Å². The highest BCUT2D eigenvalue weighted by Crippen LogP contribution is 2.26. The van der Waals surface area contributed by atoms with E-state index in [9.17, 15) is 0 Å². The molecule has 5 nitrogen and oxygen atoms in total. The van der Waals surface area contributed by atoms with E-state index in [2.05, 4.69) is 35.9 Å². The van der Waals surface area contributed by atoms with Crippen LogP contribution in [-0.4, -0.2) is 21.7 Å². The summed E-state index contributed by atoms with van der Waals surface area (Å²) in [5.41, 5.74) is 7.78. The SMILES string of the molecule is CCc1cccnc1-c1noc(CCC(C)(C)CCN)n1. The summed E-state index contributed by atoms with van der Waals surface area (Å²) in [7, 11) is 0. The molecule has 0 radical (unpaired) electrons. The van der Waals surface area contributed by atoms with Crippen molar-refractivity contribution >= 4 is 0 Å². The molecule has 0 bridgehead atoms. The van der Waals surface area contributed by atoms with Gasteiger partial charge in [0.25, 0.3) is 0 Å². The number of aryl methyl sites for hydroxylation is 2. The Balaban J connectivity index is 2.08. The normalized spacial score (nSPS) is 11.8. The van der Waals surface area contributed by atoms with Gasteiger partial charge >= 0.3 is 0 Å². The van der Waals surface area contributed by atoms with Gasteiger partial charge in [-0.25, -0.2) is 0 Å². The van der Waals surface area contributed by atoms with E-state index in [1.54, 1.807) is 6.20 Å². The predicted molar refractivity (Wildman–Crippen MR) is 82.7 cm³/mol. The molecule has 2 rings (SSSR count). The highest BCUT2D eigenvalue weighted by molar-refractivity contribution is 5.53. The summed E-state index contributed by atoms with van der Waals surface area (Å²) in [6.45, 7) is 7.23. The molecule has 0 fully saturated rings. The van der Waals surface area contributed by atoms with Crippen molar-refractivity contribution in [3.63, 3.8) is 0 Å². The average molecular weight is 288 g/mol. The van der Waals surface area contributed by atoms with Gasteiger partial charge in [-0.2, -0.15) is 4.98 Å². The number of pyridine rings is 1. The second-order valence-corrected chi connectivity index (χ2v) is 6.08. The first-order valence-corrected chi connectivity index (χ1v) is 7.52. The van der Waals surface area contributed by atoms with Gasteiger partial charge in [0.15, 0.2) is 0 Å². The molecule has 0 amide bonds. The third-order valence-electron chi connectivity index (χ3n) is 3.79. The molecular weight excluding hydrogens is 264 g/mol. The van der Waals surface area contributed by atoms with Gasteiger partial charge < -0.3 is 10.3 Å². The van der Waals surface area contributed by atoms with Crippen LogP contribution in [0.4, 0.5) is 0 Å². The molecular formula is C16H24N4O. The Morgan fingerprint density at radius 1 is 1.29 bits per heavy atom. The van der Waals surface area contributed by atoms with E-state index in [0.717, 1.165) is 36.9 Å². The second kappa shape index (κ2) is 6.80. The number of rotatable bonds is 7. The zero-order chi connectivity index (χ0) is 15.3. The highest BCUT2D eigenvalue weighted by Gasteiger charge is 2.19. The maximum absolute atomic E-state index is 5.64. The van der Waals surface area contributed by atoms with Crippen molar-refractivity contribution in [1.82, 2.24) is 15.1 Å². The van der Waals surface area contributed by atoms with E-state index in [4.69, 9.17) is 10.3 Å². The van der Waals surface area contributed by atoms with Crippen LogP contribution in [0.15, 0.2) is 22.9 Å². The fourth-order valence-electron chi connectivity index (χ4n) is 2.34. The Morgan fingerprint density at radius 2 is 2.10 bits per heavy atom. The standard InChI is InChI=1S/C16H24N4O/c1-4-12-6-5-11-18-14(12)15-19-13(21-20-15)7-8-16(2,3)9-10-17/h5-6,11H,4,7-10,17H2,1-3H3. The molecule has 2 aromatic rings. The molecule has 0 aliphatic heterocycles. The summed E-state index contributed by atoms with van der Waals surface area (Å²) in [5, 5.41) is 4.07. The molecule has 0 aromatic carbocycles. The number of nitrogens with zero attached hydrogens (tertiary/aromatic N) is 3. The lowest BCUT2D eigenvalue weighted by Gasteiger charge is -2.22. The van der Waals surface area contributed by atoms with Crippen LogP contribution in [0.25, 0.3) is 11.5 Å². The van der Waals surface area contributed by atoms with Crippen LogP contribution in [-0.2, 0) is 12.8 Å². The molecule has 21 heavy (non-hydrogen) atoms. The highest BCUT2D eigenvalue weighted by atomic mass is 16.5. The first-order valence-electron chi connectivity index (χ1n) is 7.52. The van der Waals surface area contributed by atoms with E-state index in [-0.39, 0.29) is 5.41 Å². The van der Waals surface area contributed by atoms with E-state index >= 15 is 0 Å². The molecule has 0 aliphatic rings. The van der Waals surface area contributed by atoms with Gasteiger partial charge in [-0.15, -0.1) is 0 Å². The molecule has 2 N–H and O–H groups in total. The number of aromatic nitrogens is 3. The van der Waals surface area contributed by atoms with Gasteiger partial charge in [-0.3, -0.25) is 4.98 Å². The lowest BCUT2D eigenvalue weighted by atomic mass is 9.84. The molecule has 0 unspecified atom stereocenters. The van der Waals surface area contributed by atoms with Crippen LogP contribution in [0.5, 0.6) is 0 Å². The van der Waals surface area contributed by atoms with Crippen molar-refractivity contribution in [2.75, 3.05) is 6.54 Å². The minimum Gasteiger partial charge on any atom is -0.339 e. The largest absolute Gasteiger partial charge is 0.339 e. The van der Waals surface area contributed by atoms with Crippen LogP contribution < -0.4 is 5.73 Å². The Morgan fingerprint density at radius 3 is 2.81 bits per heavy atom. The molecule has 0 saturated heterocycles. The van der Waals surface area contributed by atoms with Crippen molar-refractivity contribution in [2.24, 2.45) is 11.1 Å².